The highest BCUT2D eigenvalue weighted by Crippen LogP contribution is 2.37. The largest absolute Gasteiger partial charge is 0.494 e. The highest BCUT2D eigenvalue weighted by Gasteiger charge is 2.35. The van der Waals surface area contributed by atoms with Crippen LogP contribution in [0.5, 0.6) is 5.75 Å². The van der Waals surface area contributed by atoms with Crippen molar-refractivity contribution in [3.05, 3.63) is 71.7 Å². The molecule has 8 nitrogen and oxygen atoms in total. The van der Waals surface area contributed by atoms with E-state index < -0.39 is 6.04 Å². The van der Waals surface area contributed by atoms with Crippen molar-refractivity contribution in [3.63, 3.8) is 0 Å². The number of benzene rings is 2. The third-order valence-corrected chi connectivity index (χ3v) is 5.33. The first-order chi connectivity index (χ1) is 15.6. The standard InChI is InChI=1S/C24H26N4O4/c1-4-31-19-12-10-17(11-13-19)21-20(16(2)28(14-15-30-3)24(29)25-21)23-26-22(27-32-23)18-8-6-5-7-9-18/h5-13,21H,4,14-15H2,1-3H3,(H,25,29). The summed E-state index contributed by atoms with van der Waals surface area (Å²) in [7, 11) is 1.61. The molecule has 0 saturated carbocycles. The van der Waals surface area contributed by atoms with Gasteiger partial charge in [-0.25, -0.2) is 4.79 Å². The first-order valence-corrected chi connectivity index (χ1v) is 10.5. The Hall–Kier alpha value is -3.65. The van der Waals surface area contributed by atoms with E-state index in [1.54, 1.807) is 12.0 Å². The summed E-state index contributed by atoms with van der Waals surface area (Å²) in [6.07, 6.45) is 0. The monoisotopic (exact) mass is 434 g/mol. The molecule has 166 valence electrons. The Balaban J connectivity index is 1.76. The minimum absolute atomic E-state index is 0.204. The molecule has 2 aromatic carbocycles. The van der Waals surface area contributed by atoms with Crippen LogP contribution in [-0.2, 0) is 4.74 Å². The van der Waals surface area contributed by atoms with E-state index in [1.165, 1.54) is 0 Å². The number of nitrogens with zero attached hydrogens (tertiary/aromatic N) is 3. The topological polar surface area (TPSA) is 89.7 Å². The number of aromatic nitrogens is 2. The number of urea groups is 1. The van der Waals surface area contributed by atoms with E-state index in [2.05, 4.69) is 15.5 Å². The van der Waals surface area contributed by atoms with Crippen molar-refractivity contribution in [2.75, 3.05) is 26.9 Å². The Labute approximate surface area is 186 Å². The molecule has 1 aliphatic rings. The number of methoxy groups -OCH3 is 1. The summed E-state index contributed by atoms with van der Waals surface area (Å²) in [4.78, 5) is 19.2. The Kier molecular flexibility index (Phi) is 6.51. The molecule has 0 spiro atoms. The molecule has 0 aliphatic carbocycles. The molecular weight excluding hydrogens is 408 g/mol. The van der Waals surface area contributed by atoms with Gasteiger partial charge in [-0.2, -0.15) is 4.98 Å². The maximum atomic E-state index is 12.9. The molecular formula is C24H26N4O4. The lowest BCUT2D eigenvalue weighted by Gasteiger charge is -2.35. The molecule has 0 saturated heterocycles. The predicted molar refractivity (Wildman–Crippen MR) is 120 cm³/mol. The molecule has 0 radical (unpaired) electrons. The second-order valence-electron chi connectivity index (χ2n) is 7.32. The lowest BCUT2D eigenvalue weighted by Crippen LogP contribution is -2.47. The van der Waals surface area contributed by atoms with E-state index in [0.29, 0.717) is 31.5 Å². The lowest BCUT2D eigenvalue weighted by atomic mass is 9.94. The van der Waals surface area contributed by atoms with Crippen LogP contribution in [0, 0.1) is 0 Å². The Morgan fingerprint density at radius 2 is 1.88 bits per heavy atom. The van der Waals surface area contributed by atoms with Gasteiger partial charge in [0.15, 0.2) is 0 Å². The van der Waals surface area contributed by atoms with E-state index in [4.69, 9.17) is 14.0 Å². The summed E-state index contributed by atoms with van der Waals surface area (Å²) < 4.78 is 16.4. The molecule has 1 aliphatic heterocycles. The molecule has 32 heavy (non-hydrogen) atoms. The van der Waals surface area contributed by atoms with Crippen LogP contribution < -0.4 is 10.1 Å². The zero-order valence-corrected chi connectivity index (χ0v) is 18.4. The molecule has 2 amide bonds. The second-order valence-corrected chi connectivity index (χ2v) is 7.32. The van der Waals surface area contributed by atoms with Gasteiger partial charge in [0.25, 0.3) is 5.89 Å². The maximum Gasteiger partial charge on any atom is 0.322 e. The Bertz CT molecular complexity index is 1090. The number of amides is 2. The smallest absolute Gasteiger partial charge is 0.322 e. The van der Waals surface area contributed by atoms with Crippen molar-refractivity contribution in [2.24, 2.45) is 0 Å². The molecule has 0 bridgehead atoms. The lowest BCUT2D eigenvalue weighted by molar-refractivity contribution is 0.158. The normalized spacial score (nSPS) is 16.3. The van der Waals surface area contributed by atoms with Crippen LogP contribution in [0.25, 0.3) is 17.0 Å². The fraction of sp³-hybridized carbons (Fsp3) is 0.292. The maximum absolute atomic E-state index is 12.9. The highest BCUT2D eigenvalue weighted by molar-refractivity contribution is 5.86. The number of hydrogen-bond acceptors (Lipinski definition) is 6. The van der Waals surface area contributed by atoms with Crippen molar-refractivity contribution in [1.29, 1.82) is 0 Å². The van der Waals surface area contributed by atoms with Crippen molar-refractivity contribution in [3.8, 4) is 17.1 Å². The van der Waals surface area contributed by atoms with Crippen LogP contribution in [0.1, 0.15) is 31.3 Å². The molecule has 1 atom stereocenters. The number of allylic oxidation sites excluding steroid dienone is 1. The first-order valence-electron chi connectivity index (χ1n) is 10.5. The number of nitrogens with one attached hydrogen (secondary N) is 1. The second kappa shape index (κ2) is 9.65. The van der Waals surface area contributed by atoms with E-state index >= 15 is 0 Å². The number of ether oxygens (including phenoxy) is 2. The van der Waals surface area contributed by atoms with Crippen LogP contribution in [0.2, 0.25) is 0 Å². The molecule has 0 fully saturated rings. The number of hydrogen-bond donors (Lipinski definition) is 1. The minimum atomic E-state index is -0.443. The van der Waals surface area contributed by atoms with Crippen LogP contribution in [-0.4, -0.2) is 47.9 Å². The summed E-state index contributed by atoms with van der Waals surface area (Å²) in [5.41, 5.74) is 3.24. The fourth-order valence-corrected chi connectivity index (χ4v) is 3.72. The van der Waals surface area contributed by atoms with Gasteiger partial charge in [0.05, 0.1) is 31.4 Å². The van der Waals surface area contributed by atoms with Crippen molar-refractivity contribution in [2.45, 2.75) is 19.9 Å². The van der Waals surface area contributed by atoms with Gasteiger partial charge < -0.3 is 19.3 Å². The summed E-state index contributed by atoms with van der Waals surface area (Å²) >= 11 is 0. The van der Waals surface area contributed by atoms with Crippen molar-refractivity contribution < 1.29 is 18.8 Å². The average Bonchev–Trinajstić information content (AvgIpc) is 3.30. The summed E-state index contributed by atoms with van der Waals surface area (Å²) in [6.45, 7) is 5.23. The first kappa shape index (κ1) is 21.6. The van der Waals surface area contributed by atoms with E-state index in [-0.39, 0.29) is 6.03 Å². The summed E-state index contributed by atoms with van der Waals surface area (Å²) in [5.74, 6) is 1.63. The molecule has 1 aromatic heterocycles. The van der Waals surface area contributed by atoms with Gasteiger partial charge in [-0.15, -0.1) is 0 Å². The fourth-order valence-electron chi connectivity index (χ4n) is 3.72. The number of carbonyl (C=O) groups excluding carboxylic acids is 1. The molecule has 1 N–H and O–H groups in total. The number of rotatable bonds is 8. The number of carbonyl (C=O) groups is 1. The molecule has 1 unspecified atom stereocenters. The van der Waals surface area contributed by atoms with Crippen molar-refractivity contribution >= 4 is 11.6 Å². The predicted octanol–water partition coefficient (Wildman–Crippen LogP) is 4.28. The van der Waals surface area contributed by atoms with Gasteiger partial charge in [-0.1, -0.05) is 47.6 Å². The van der Waals surface area contributed by atoms with Gasteiger partial charge in [0, 0.05) is 18.4 Å². The third-order valence-electron chi connectivity index (χ3n) is 5.33. The SMILES string of the molecule is CCOc1ccc(C2NC(=O)N(CCOC)C(C)=C2c2nc(-c3ccccc3)no2)cc1. The Morgan fingerprint density at radius 1 is 1.12 bits per heavy atom. The van der Waals surface area contributed by atoms with Crippen LogP contribution in [0.3, 0.4) is 0 Å². The summed E-state index contributed by atoms with van der Waals surface area (Å²) in [5, 5.41) is 7.25. The van der Waals surface area contributed by atoms with Crippen LogP contribution in [0.15, 0.2) is 64.8 Å². The van der Waals surface area contributed by atoms with E-state index in [1.807, 2.05) is 68.4 Å². The van der Waals surface area contributed by atoms with Crippen LogP contribution in [0.4, 0.5) is 4.79 Å². The van der Waals surface area contributed by atoms with Gasteiger partial charge in [-0.3, -0.25) is 4.90 Å². The minimum Gasteiger partial charge on any atom is -0.494 e. The zero-order chi connectivity index (χ0) is 22.5. The molecule has 2 heterocycles. The summed E-state index contributed by atoms with van der Waals surface area (Å²) in [6, 6.07) is 16.6. The Morgan fingerprint density at radius 3 is 2.56 bits per heavy atom. The molecule has 4 rings (SSSR count). The van der Waals surface area contributed by atoms with Gasteiger partial charge in [0.2, 0.25) is 5.82 Å². The van der Waals surface area contributed by atoms with Gasteiger partial charge >= 0.3 is 6.03 Å². The molecule has 8 heteroatoms. The van der Waals surface area contributed by atoms with E-state index in [0.717, 1.165) is 28.1 Å². The van der Waals surface area contributed by atoms with Gasteiger partial charge in [-0.05, 0) is 31.5 Å². The van der Waals surface area contributed by atoms with Gasteiger partial charge in [0.1, 0.15) is 5.75 Å². The third kappa shape index (κ3) is 4.36. The zero-order valence-electron chi connectivity index (χ0n) is 18.4. The van der Waals surface area contributed by atoms with E-state index in [9.17, 15) is 4.79 Å². The molecule has 3 aromatic rings. The highest BCUT2D eigenvalue weighted by atomic mass is 16.5. The quantitative estimate of drug-likeness (QED) is 0.569. The van der Waals surface area contributed by atoms with Crippen LogP contribution >= 0.6 is 0 Å². The average molecular weight is 434 g/mol. The van der Waals surface area contributed by atoms with Crippen molar-refractivity contribution in [1.82, 2.24) is 20.4 Å².